The summed E-state index contributed by atoms with van der Waals surface area (Å²) in [6, 6.07) is 5.87. The molecule has 1 fully saturated rings. The summed E-state index contributed by atoms with van der Waals surface area (Å²) in [7, 11) is 5.46. The lowest BCUT2D eigenvalue weighted by molar-refractivity contribution is 0.289. The second-order valence-electron chi connectivity index (χ2n) is 5.21. The van der Waals surface area contributed by atoms with E-state index in [0.717, 1.165) is 43.0 Å². The normalized spacial score (nSPS) is 16.7. The molecule has 0 heterocycles. The van der Waals surface area contributed by atoms with Gasteiger partial charge in [-0.3, -0.25) is 0 Å². The van der Waals surface area contributed by atoms with Gasteiger partial charge in [0.2, 0.25) is 0 Å². The summed E-state index contributed by atoms with van der Waals surface area (Å²) in [5, 5.41) is 0. The monoisotopic (exact) mass is 250 g/mol. The Hall–Kier alpha value is -1.26. The Bertz CT molecular complexity index is 416. The molecule has 2 N–H and O–H groups in total. The van der Waals surface area contributed by atoms with Crippen molar-refractivity contribution in [3.05, 3.63) is 23.8 Å². The van der Waals surface area contributed by atoms with Gasteiger partial charge in [-0.15, -0.1) is 0 Å². The van der Waals surface area contributed by atoms with Crippen LogP contribution in [0.3, 0.4) is 0 Å². The Morgan fingerprint density at radius 3 is 2.56 bits per heavy atom. The molecule has 0 radical (unpaired) electrons. The van der Waals surface area contributed by atoms with Crippen molar-refractivity contribution in [2.24, 2.45) is 5.73 Å². The largest absolute Gasteiger partial charge is 0.497 e. The molecule has 1 aromatic carbocycles. The van der Waals surface area contributed by atoms with Crippen LogP contribution in [-0.4, -0.2) is 38.3 Å². The van der Waals surface area contributed by atoms with Gasteiger partial charge in [0.05, 0.1) is 14.2 Å². The molecule has 1 aromatic rings. The minimum Gasteiger partial charge on any atom is -0.497 e. The number of hydrogen-bond donors (Lipinski definition) is 1. The predicted octanol–water partition coefficient (Wildman–Crippen LogP) is 1.63. The number of benzene rings is 1. The lowest BCUT2D eigenvalue weighted by Crippen LogP contribution is -2.36. The lowest BCUT2D eigenvalue weighted by Gasteiger charge is -2.22. The van der Waals surface area contributed by atoms with Crippen molar-refractivity contribution in [1.82, 2.24) is 4.90 Å². The SMILES string of the molecule is COc1ccc(OC)c(CN(C)CC2(N)CC2)c1. The summed E-state index contributed by atoms with van der Waals surface area (Å²) >= 11 is 0. The summed E-state index contributed by atoms with van der Waals surface area (Å²) in [6.45, 7) is 1.74. The fourth-order valence-corrected chi connectivity index (χ4v) is 2.21. The van der Waals surface area contributed by atoms with Gasteiger partial charge >= 0.3 is 0 Å². The van der Waals surface area contributed by atoms with Gasteiger partial charge in [0.15, 0.2) is 0 Å². The Kier molecular flexibility index (Phi) is 3.78. The van der Waals surface area contributed by atoms with E-state index in [0.29, 0.717) is 0 Å². The molecule has 0 aromatic heterocycles. The van der Waals surface area contributed by atoms with Crippen molar-refractivity contribution in [2.75, 3.05) is 27.8 Å². The molecule has 0 aliphatic heterocycles. The van der Waals surface area contributed by atoms with E-state index in [2.05, 4.69) is 11.9 Å². The first kappa shape index (κ1) is 13.2. The highest BCUT2D eigenvalue weighted by Crippen LogP contribution is 2.33. The highest BCUT2D eigenvalue weighted by Gasteiger charge is 2.38. The molecule has 0 atom stereocenters. The molecule has 1 saturated carbocycles. The number of nitrogens with two attached hydrogens (primary N) is 1. The van der Waals surface area contributed by atoms with Gasteiger partial charge in [-0.2, -0.15) is 0 Å². The molecule has 4 heteroatoms. The first-order chi connectivity index (χ1) is 8.56. The van der Waals surface area contributed by atoms with Gasteiger partial charge in [0.25, 0.3) is 0 Å². The third kappa shape index (κ3) is 3.15. The molecule has 0 saturated heterocycles. The first-order valence-electron chi connectivity index (χ1n) is 6.25. The Balaban J connectivity index is 2.06. The lowest BCUT2D eigenvalue weighted by atomic mass is 10.1. The van der Waals surface area contributed by atoms with E-state index in [1.165, 1.54) is 0 Å². The molecule has 18 heavy (non-hydrogen) atoms. The third-order valence-corrected chi connectivity index (χ3v) is 3.40. The molecule has 0 bridgehead atoms. The molecule has 0 spiro atoms. The first-order valence-corrected chi connectivity index (χ1v) is 6.25. The smallest absolute Gasteiger partial charge is 0.123 e. The number of nitrogens with zero attached hydrogens (tertiary/aromatic N) is 1. The topological polar surface area (TPSA) is 47.7 Å². The summed E-state index contributed by atoms with van der Waals surface area (Å²) in [4.78, 5) is 2.24. The molecular formula is C14H22N2O2. The van der Waals surface area contributed by atoms with E-state index in [1.807, 2.05) is 18.2 Å². The van der Waals surface area contributed by atoms with Gasteiger partial charge in [-0.25, -0.2) is 0 Å². The summed E-state index contributed by atoms with van der Waals surface area (Å²) < 4.78 is 10.6. The highest BCUT2D eigenvalue weighted by molar-refractivity contribution is 5.40. The molecule has 1 aliphatic carbocycles. The molecule has 2 rings (SSSR count). The van der Waals surface area contributed by atoms with Crippen LogP contribution >= 0.6 is 0 Å². The van der Waals surface area contributed by atoms with Crippen molar-refractivity contribution in [3.63, 3.8) is 0 Å². The van der Waals surface area contributed by atoms with E-state index in [9.17, 15) is 0 Å². The van der Waals surface area contributed by atoms with Crippen LogP contribution in [-0.2, 0) is 6.54 Å². The Labute approximate surface area is 109 Å². The maximum absolute atomic E-state index is 6.13. The van der Waals surface area contributed by atoms with E-state index >= 15 is 0 Å². The van der Waals surface area contributed by atoms with Crippen molar-refractivity contribution in [1.29, 1.82) is 0 Å². The summed E-state index contributed by atoms with van der Waals surface area (Å²) in [5.74, 6) is 1.75. The molecule has 100 valence electrons. The fourth-order valence-electron chi connectivity index (χ4n) is 2.21. The van der Waals surface area contributed by atoms with Gasteiger partial charge in [0.1, 0.15) is 11.5 Å². The number of likely N-dealkylation sites (N-methyl/N-ethyl adjacent to an activating group) is 1. The maximum Gasteiger partial charge on any atom is 0.123 e. The van der Waals surface area contributed by atoms with Crippen LogP contribution in [0.25, 0.3) is 0 Å². The van der Waals surface area contributed by atoms with Gasteiger partial charge in [0, 0.05) is 24.2 Å². The van der Waals surface area contributed by atoms with Crippen molar-refractivity contribution >= 4 is 0 Å². The van der Waals surface area contributed by atoms with Crippen LogP contribution in [0, 0.1) is 0 Å². The predicted molar refractivity (Wildman–Crippen MR) is 72.0 cm³/mol. The van der Waals surface area contributed by atoms with Crippen LogP contribution in [0.15, 0.2) is 18.2 Å². The second-order valence-corrected chi connectivity index (χ2v) is 5.21. The quantitative estimate of drug-likeness (QED) is 0.833. The molecular weight excluding hydrogens is 228 g/mol. The molecule has 4 nitrogen and oxygen atoms in total. The van der Waals surface area contributed by atoms with E-state index < -0.39 is 0 Å². The second kappa shape index (κ2) is 5.16. The molecule has 1 aliphatic rings. The number of hydrogen-bond acceptors (Lipinski definition) is 4. The average Bonchev–Trinajstić information content (AvgIpc) is 3.06. The van der Waals surface area contributed by atoms with Crippen LogP contribution in [0.1, 0.15) is 18.4 Å². The van der Waals surface area contributed by atoms with E-state index in [-0.39, 0.29) is 5.54 Å². The van der Waals surface area contributed by atoms with Crippen LogP contribution < -0.4 is 15.2 Å². The molecule has 0 amide bonds. The van der Waals surface area contributed by atoms with Gasteiger partial charge in [-0.1, -0.05) is 0 Å². The van der Waals surface area contributed by atoms with Crippen LogP contribution in [0.4, 0.5) is 0 Å². The standard InChI is InChI=1S/C14H22N2O2/c1-16(10-14(15)6-7-14)9-11-8-12(17-2)4-5-13(11)18-3/h4-5,8H,6-7,9-10,15H2,1-3H3. The minimum atomic E-state index is 0.0425. The number of methoxy groups -OCH3 is 2. The zero-order valence-electron chi connectivity index (χ0n) is 11.4. The van der Waals surface area contributed by atoms with Crippen molar-refractivity contribution in [3.8, 4) is 11.5 Å². The third-order valence-electron chi connectivity index (χ3n) is 3.40. The minimum absolute atomic E-state index is 0.0425. The maximum atomic E-state index is 6.13. The molecule has 0 unspecified atom stereocenters. The Morgan fingerprint density at radius 1 is 1.28 bits per heavy atom. The summed E-state index contributed by atoms with van der Waals surface area (Å²) in [5.41, 5.74) is 7.30. The van der Waals surface area contributed by atoms with Crippen molar-refractivity contribution in [2.45, 2.75) is 24.9 Å². The number of ether oxygens (including phenoxy) is 2. The fraction of sp³-hybridized carbons (Fsp3) is 0.571. The average molecular weight is 250 g/mol. The number of rotatable bonds is 6. The van der Waals surface area contributed by atoms with E-state index in [1.54, 1.807) is 14.2 Å². The van der Waals surface area contributed by atoms with E-state index in [4.69, 9.17) is 15.2 Å². The van der Waals surface area contributed by atoms with Gasteiger partial charge < -0.3 is 20.1 Å². The zero-order chi connectivity index (χ0) is 13.2. The van der Waals surface area contributed by atoms with Crippen LogP contribution in [0.2, 0.25) is 0 Å². The Morgan fingerprint density at radius 2 is 2.00 bits per heavy atom. The summed E-state index contributed by atoms with van der Waals surface area (Å²) in [6.07, 6.45) is 2.26. The highest BCUT2D eigenvalue weighted by atomic mass is 16.5. The van der Waals surface area contributed by atoms with Crippen molar-refractivity contribution < 1.29 is 9.47 Å². The zero-order valence-corrected chi connectivity index (χ0v) is 11.4. The van der Waals surface area contributed by atoms with Crippen LogP contribution in [0.5, 0.6) is 11.5 Å². The van der Waals surface area contributed by atoms with Gasteiger partial charge in [-0.05, 0) is 38.1 Å².